The third kappa shape index (κ3) is 4.80. The van der Waals surface area contributed by atoms with Crippen LogP contribution in [0.5, 0.6) is 5.75 Å². The molecule has 0 saturated heterocycles. The van der Waals surface area contributed by atoms with Gasteiger partial charge in [0, 0.05) is 32.2 Å². The highest BCUT2D eigenvalue weighted by atomic mass is 16.5. The highest BCUT2D eigenvalue weighted by molar-refractivity contribution is 5.94. The molecule has 1 aliphatic carbocycles. The van der Waals surface area contributed by atoms with Gasteiger partial charge in [0.25, 0.3) is 5.91 Å². The molecule has 1 saturated carbocycles. The largest absolute Gasteiger partial charge is 0.490 e. The molecular formula is C18H24N4O4. The number of methoxy groups -OCH3 is 1. The number of pyridine rings is 1. The van der Waals surface area contributed by atoms with Gasteiger partial charge in [0.1, 0.15) is 12.4 Å². The number of nitrogens with one attached hydrogen (secondary N) is 1. The predicted octanol–water partition coefficient (Wildman–Crippen LogP) is 0.873. The minimum atomic E-state index is -0.561. The summed E-state index contributed by atoms with van der Waals surface area (Å²) < 4.78 is 12.3. The normalized spacial score (nSPS) is 22.3. The molecular weight excluding hydrogens is 336 g/mol. The zero-order valence-corrected chi connectivity index (χ0v) is 14.7. The summed E-state index contributed by atoms with van der Waals surface area (Å²) in [6.45, 7) is 1.59. The van der Waals surface area contributed by atoms with Crippen LogP contribution < -0.4 is 10.1 Å². The van der Waals surface area contributed by atoms with E-state index in [1.54, 1.807) is 25.6 Å². The van der Waals surface area contributed by atoms with Gasteiger partial charge in [-0.3, -0.25) is 14.5 Å². The van der Waals surface area contributed by atoms with Gasteiger partial charge in [0.05, 0.1) is 30.5 Å². The first kappa shape index (κ1) is 18.3. The number of amides is 1. The molecule has 2 heterocycles. The minimum Gasteiger partial charge on any atom is -0.490 e. The van der Waals surface area contributed by atoms with E-state index in [2.05, 4.69) is 15.4 Å². The Morgan fingerprint density at radius 1 is 1.38 bits per heavy atom. The molecule has 2 aromatic heterocycles. The van der Waals surface area contributed by atoms with Crippen molar-refractivity contribution in [3.8, 4) is 5.75 Å². The van der Waals surface area contributed by atoms with Gasteiger partial charge in [-0.1, -0.05) is 0 Å². The van der Waals surface area contributed by atoms with Crippen LogP contribution in [0.1, 0.15) is 23.2 Å². The van der Waals surface area contributed by atoms with Crippen LogP contribution in [0.2, 0.25) is 0 Å². The maximum Gasteiger partial charge on any atom is 0.253 e. The average molecular weight is 360 g/mol. The summed E-state index contributed by atoms with van der Waals surface area (Å²) in [6, 6.07) is 3.24. The Morgan fingerprint density at radius 3 is 3.04 bits per heavy atom. The molecule has 2 aromatic rings. The van der Waals surface area contributed by atoms with Gasteiger partial charge in [-0.05, 0) is 30.9 Å². The van der Waals surface area contributed by atoms with E-state index in [0.717, 1.165) is 6.54 Å². The van der Waals surface area contributed by atoms with Crippen molar-refractivity contribution in [1.82, 2.24) is 20.1 Å². The zero-order valence-electron chi connectivity index (χ0n) is 14.7. The van der Waals surface area contributed by atoms with Crippen molar-refractivity contribution in [3.05, 3.63) is 42.5 Å². The molecule has 1 amide bonds. The topological polar surface area (TPSA) is 98.5 Å². The van der Waals surface area contributed by atoms with E-state index in [1.807, 2.05) is 16.9 Å². The van der Waals surface area contributed by atoms with E-state index in [0.29, 0.717) is 37.4 Å². The third-order valence-corrected chi connectivity index (χ3v) is 4.48. The lowest BCUT2D eigenvalue weighted by Crippen LogP contribution is -2.40. The average Bonchev–Trinajstić information content (AvgIpc) is 3.26. The van der Waals surface area contributed by atoms with Crippen molar-refractivity contribution < 1.29 is 19.4 Å². The number of hydrogen-bond acceptors (Lipinski definition) is 6. The Bertz CT molecular complexity index is 707. The maximum atomic E-state index is 12.5. The van der Waals surface area contributed by atoms with Gasteiger partial charge < -0.3 is 19.9 Å². The van der Waals surface area contributed by atoms with Crippen LogP contribution in [0.4, 0.5) is 0 Å². The van der Waals surface area contributed by atoms with Gasteiger partial charge in [0.15, 0.2) is 0 Å². The van der Waals surface area contributed by atoms with Gasteiger partial charge in [0.2, 0.25) is 0 Å². The number of rotatable bonds is 8. The van der Waals surface area contributed by atoms with Gasteiger partial charge >= 0.3 is 0 Å². The van der Waals surface area contributed by atoms with Crippen molar-refractivity contribution in [3.63, 3.8) is 0 Å². The lowest BCUT2D eigenvalue weighted by atomic mass is 10.1. The Morgan fingerprint density at radius 2 is 2.27 bits per heavy atom. The number of aliphatic hydroxyl groups excluding tert-OH is 1. The van der Waals surface area contributed by atoms with Crippen molar-refractivity contribution in [2.45, 2.75) is 31.5 Å². The molecule has 8 heteroatoms. The highest BCUT2D eigenvalue weighted by Crippen LogP contribution is 2.27. The fraction of sp³-hybridized carbons (Fsp3) is 0.500. The van der Waals surface area contributed by atoms with Crippen molar-refractivity contribution in [2.75, 3.05) is 20.3 Å². The number of hydrogen-bond donors (Lipinski definition) is 2. The SMILES string of the molecule is COCCOc1cncc(C(=O)N[C@@H]2CC(Cn3cccn3)C[C@H]2O)c1. The van der Waals surface area contributed by atoms with Gasteiger partial charge in [-0.15, -0.1) is 0 Å². The first-order valence-corrected chi connectivity index (χ1v) is 8.69. The van der Waals surface area contributed by atoms with Crippen LogP contribution in [0.25, 0.3) is 0 Å². The Labute approximate surface area is 152 Å². The Balaban J connectivity index is 1.55. The van der Waals surface area contributed by atoms with Crippen LogP contribution in [-0.4, -0.2) is 58.2 Å². The summed E-state index contributed by atoms with van der Waals surface area (Å²) >= 11 is 0. The molecule has 140 valence electrons. The standard InChI is InChI=1S/C18H24N4O4/c1-25-5-6-26-15-9-14(10-19-11-15)18(24)21-16-7-13(8-17(16)23)12-22-4-2-3-20-22/h2-4,9-11,13,16-17,23H,5-8,12H2,1H3,(H,21,24)/t13?,16-,17-/m1/s1. The third-order valence-electron chi connectivity index (χ3n) is 4.48. The quantitative estimate of drug-likeness (QED) is 0.678. The summed E-state index contributed by atoms with van der Waals surface area (Å²) in [5.74, 6) is 0.522. The molecule has 8 nitrogen and oxygen atoms in total. The fourth-order valence-electron chi connectivity index (χ4n) is 3.21. The molecule has 0 aromatic carbocycles. The van der Waals surface area contributed by atoms with Crippen molar-refractivity contribution in [1.29, 1.82) is 0 Å². The van der Waals surface area contributed by atoms with Crippen molar-refractivity contribution in [2.24, 2.45) is 5.92 Å². The van der Waals surface area contributed by atoms with E-state index >= 15 is 0 Å². The number of aromatic nitrogens is 3. The number of nitrogens with zero attached hydrogens (tertiary/aromatic N) is 3. The number of carbonyl (C=O) groups excluding carboxylic acids is 1. The minimum absolute atomic E-state index is 0.265. The van der Waals surface area contributed by atoms with Crippen LogP contribution in [-0.2, 0) is 11.3 Å². The lowest BCUT2D eigenvalue weighted by Gasteiger charge is -2.16. The van der Waals surface area contributed by atoms with Crippen LogP contribution >= 0.6 is 0 Å². The molecule has 1 fully saturated rings. The van der Waals surface area contributed by atoms with Crippen molar-refractivity contribution >= 4 is 5.91 Å². The molecule has 0 radical (unpaired) electrons. The van der Waals surface area contributed by atoms with Crippen LogP contribution in [0.15, 0.2) is 36.9 Å². The van der Waals surface area contributed by atoms with Crippen LogP contribution in [0.3, 0.4) is 0 Å². The summed E-state index contributed by atoms with van der Waals surface area (Å²) in [4.78, 5) is 16.5. The number of aliphatic hydroxyl groups is 1. The summed E-state index contributed by atoms with van der Waals surface area (Å²) in [6.07, 6.45) is 7.47. The molecule has 0 bridgehead atoms. The summed E-state index contributed by atoms with van der Waals surface area (Å²) in [7, 11) is 1.60. The zero-order chi connectivity index (χ0) is 18.4. The van der Waals surface area contributed by atoms with E-state index in [9.17, 15) is 9.90 Å². The molecule has 0 aliphatic heterocycles. The number of carbonyl (C=O) groups is 1. The lowest BCUT2D eigenvalue weighted by molar-refractivity contribution is 0.0871. The molecule has 2 N–H and O–H groups in total. The van der Waals surface area contributed by atoms with E-state index in [-0.39, 0.29) is 17.9 Å². The maximum absolute atomic E-state index is 12.5. The monoisotopic (exact) mass is 360 g/mol. The van der Waals surface area contributed by atoms with E-state index in [4.69, 9.17) is 9.47 Å². The van der Waals surface area contributed by atoms with Gasteiger partial charge in [-0.2, -0.15) is 5.10 Å². The van der Waals surface area contributed by atoms with E-state index < -0.39 is 6.10 Å². The second kappa shape index (κ2) is 8.77. The molecule has 1 aliphatic rings. The fourth-order valence-corrected chi connectivity index (χ4v) is 3.21. The molecule has 0 spiro atoms. The van der Waals surface area contributed by atoms with Gasteiger partial charge in [-0.25, -0.2) is 0 Å². The Hall–Kier alpha value is -2.45. The molecule has 3 rings (SSSR count). The van der Waals surface area contributed by atoms with E-state index in [1.165, 1.54) is 6.20 Å². The highest BCUT2D eigenvalue weighted by Gasteiger charge is 2.34. The Kier molecular flexibility index (Phi) is 6.19. The predicted molar refractivity (Wildman–Crippen MR) is 93.8 cm³/mol. The summed E-state index contributed by atoms with van der Waals surface area (Å²) in [5, 5.41) is 17.4. The first-order chi connectivity index (χ1) is 12.7. The molecule has 3 atom stereocenters. The summed E-state index contributed by atoms with van der Waals surface area (Å²) in [5.41, 5.74) is 0.405. The smallest absolute Gasteiger partial charge is 0.253 e. The van der Waals surface area contributed by atoms with Crippen LogP contribution in [0, 0.1) is 5.92 Å². The second-order valence-corrected chi connectivity index (χ2v) is 6.46. The first-order valence-electron chi connectivity index (χ1n) is 8.69. The number of ether oxygens (including phenoxy) is 2. The second-order valence-electron chi connectivity index (χ2n) is 6.46. The molecule has 26 heavy (non-hydrogen) atoms. The molecule has 1 unspecified atom stereocenters.